The van der Waals surface area contributed by atoms with Gasteiger partial charge < -0.3 is 14.6 Å². The van der Waals surface area contributed by atoms with Gasteiger partial charge in [-0.3, -0.25) is 4.79 Å². The fraction of sp³-hybridized carbons (Fsp3) is 0.533. The second-order valence-corrected chi connectivity index (χ2v) is 5.15. The fourth-order valence-corrected chi connectivity index (χ4v) is 2.00. The van der Waals surface area contributed by atoms with Crippen molar-refractivity contribution in [1.82, 2.24) is 0 Å². The molecule has 104 valence electrons. The number of carbonyl (C=O) groups is 1. The summed E-state index contributed by atoms with van der Waals surface area (Å²) >= 11 is 0. The van der Waals surface area contributed by atoms with Crippen LogP contribution in [-0.2, 0) is 4.79 Å². The van der Waals surface area contributed by atoms with E-state index < -0.39 is 5.97 Å². The number of hydrogen-bond donors (Lipinski definition) is 1. The molecule has 4 nitrogen and oxygen atoms in total. The first-order chi connectivity index (χ1) is 9.15. The van der Waals surface area contributed by atoms with Gasteiger partial charge in [0.25, 0.3) is 0 Å². The summed E-state index contributed by atoms with van der Waals surface area (Å²) in [6, 6.07) is 7.54. The highest BCUT2D eigenvalue weighted by Crippen LogP contribution is 2.49. The highest BCUT2D eigenvalue weighted by molar-refractivity contribution is 5.68. The first-order valence-corrected chi connectivity index (χ1v) is 6.72. The molecule has 0 spiro atoms. The summed E-state index contributed by atoms with van der Waals surface area (Å²) < 4.78 is 11.4. The number of carboxylic acid groups (broad SMARTS) is 1. The van der Waals surface area contributed by atoms with Crippen LogP contribution in [0.1, 0.15) is 32.6 Å². The number of ether oxygens (including phenoxy) is 2. The van der Waals surface area contributed by atoms with Gasteiger partial charge in [0.05, 0.1) is 19.6 Å². The van der Waals surface area contributed by atoms with Crippen molar-refractivity contribution >= 4 is 5.97 Å². The lowest BCUT2D eigenvalue weighted by Gasteiger charge is -2.16. The molecule has 1 fully saturated rings. The number of para-hydroxylation sites is 2. The molecule has 0 radical (unpaired) electrons. The van der Waals surface area contributed by atoms with E-state index in [1.807, 2.05) is 24.3 Å². The molecule has 19 heavy (non-hydrogen) atoms. The van der Waals surface area contributed by atoms with Crippen molar-refractivity contribution in [3.05, 3.63) is 24.3 Å². The van der Waals surface area contributed by atoms with Crippen LogP contribution >= 0.6 is 0 Å². The third-order valence-corrected chi connectivity index (χ3v) is 3.33. The van der Waals surface area contributed by atoms with E-state index in [9.17, 15) is 4.79 Å². The van der Waals surface area contributed by atoms with E-state index in [0.29, 0.717) is 19.0 Å². The zero-order valence-corrected chi connectivity index (χ0v) is 11.2. The largest absolute Gasteiger partial charge is 0.490 e. The maximum absolute atomic E-state index is 10.8. The minimum absolute atomic E-state index is 0.163. The Balaban J connectivity index is 1.94. The van der Waals surface area contributed by atoms with Crippen LogP contribution in [0.15, 0.2) is 24.3 Å². The van der Waals surface area contributed by atoms with Crippen molar-refractivity contribution in [3.63, 3.8) is 0 Å². The van der Waals surface area contributed by atoms with E-state index in [0.717, 1.165) is 25.0 Å². The number of benzene rings is 1. The van der Waals surface area contributed by atoms with Crippen molar-refractivity contribution in [3.8, 4) is 11.5 Å². The first kappa shape index (κ1) is 13.7. The van der Waals surface area contributed by atoms with Crippen LogP contribution < -0.4 is 9.47 Å². The Labute approximate surface area is 113 Å². The summed E-state index contributed by atoms with van der Waals surface area (Å²) in [5.74, 6) is 0.680. The van der Waals surface area contributed by atoms with Gasteiger partial charge in [0.1, 0.15) is 0 Å². The summed E-state index contributed by atoms with van der Waals surface area (Å²) in [5.41, 5.74) is -0.163. The van der Waals surface area contributed by atoms with Crippen LogP contribution in [-0.4, -0.2) is 24.3 Å². The average Bonchev–Trinajstić information content (AvgIpc) is 3.14. The van der Waals surface area contributed by atoms with Crippen LogP contribution in [0.5, 0.6) is 11.5 Å². The molecule has 0 amide bonds. The van der Waals surface area contributed by atoms with Gasteiger partial charge in [0.2, 0.25) is 0 Å². The third-order valence-electron chi connectivity index (χ3n) is 3.33. The van der Waals surface area contributed by atoms with E-state index in [2.05, 4.69) is 6.92 Å². The zero-order chi connectivity index (χ0) is 13.7. The monoisotopic (exact) mass is 264 g/mol. The molecule has 2 rings (SSSR count). The minimum Gasteiger partial charge on any atom is -0.490 e. The lowest BCUT2D eigenvalue weighted by atomic mass is 10.0. The van der Waals surface area contributed by atoms with Crippen LogP contribution in [0.4, 0.5) is 0 Å². The topological polar surface area (TPSA) is 55.8 Å². The molecule has 0 unspecified atom stereocenters. The number of aliphatic carboxylic acids is 1. The highest BCUT2D eigenvalue weighted by atomic mass is 16.5. The Morgan fingerprint density at radius 1 is 1.26 bits per heavy atom. The highest BCUT2D eigenvalue weighted by Gasteiger charge is 2.45. The van der Waals surface area contributed by atoms with Crippen LogP contribution in [0.2, 0.25) is 0 Å². The Morgan fingerprint density at radius 3 is 2.42 bits per heavy atom. The minimum atomic E-state index is -0.753. The maximum atomic E-state index is 10.8. The van der Waals surface area contributed by atoms with E-state index in [-0.39, 0.29) is 11.8 Å². The molecule has 0 aromatic heterocycles. The predicted molar refractivity (Wildman–Crippen MR) is 71.6 cm³/mol. The van der Waals surface area contributed by atoms with Crippen molar-refractivity contribution in [2.75, 3.05) is 13.2 Å². The van der Waals surface area contributed by atoms with Gasteiger partial charge in [0.15, 0.2) is 11.5 Å². The fourth-order valence-electron chi connectivity index (χ4n) is 2.00. The zero-order valence-electron chi connectivity index (χ0n) is 11.2. The Hall–Kier alpha value is -1.71. The van der Waals surface area contributed by atoms with Gasteiger partial charge in [-0.15, -0.1) is 0 Å². The summed E-state index contributed by atoms with van der Waals surface area (Å²) in [6.45, 7) is 3.15. The van der Waals surface area contributed by atoms with Gasteiger partial charge in [-0.1, -0.05) is 19.1 Å². The van der Waals surface area contributed by atoms with E-state index in [1.165, 1.54) is 0 Å². The van der Waals surface area contributed by atoms with Crippen LogP contribution in [0.3, 0.4) is 0 Å². The number of hydrogen-bond acceptors (Lipinski definition) is 3. The quantitative estimate of drug-likeness (QED) is 0.783. The lowest BCUT2D eigenvalue weighted by molar-refractivity contribution is -0.138. The molecule has 4 heteroatoms. The maximum Gasteiger partial charge on any atom is 0.304 e. The Kier molecular flexibility index (Phi) is 4.30. The molecule has 0 aliphatic heterocycles. The smallest absolute Gasteiger partial charge is 0.304 e. The van der Waals surface area contributed by atoms with Crippen molar-refractivity contribution in [2.24, 2.45) is 5.41 Å². The first-order valence-electron chi connectivity index (χ1n) is 6.72. The van der Waals surface area contributed by atoms with Crippen molar-refractivity contribution < 1.29 is 19.4 Å². The number of rotatable bonds is 8. The summed E-state index contributed by atoms with van der Waals surface area (Å²) in [5, 5.41) is 8.88. The Morgan fingerprint density at radius 2 is 1.89 bits per heavy atom. The van der Waals surface area contributed by atoms with E-state index >= 15 is 0 Å². The average molecular weight is 264 g/mol. The van der Waals surface area contributed by atoms with Gasteiger partial charge >= 0.3 is 5.97 Å². The SMILES string of the molecule is CCCOc1ccccc1OCC1(CC(=O)O)CC1. The van der Waals surface area contributed by atoms with Crippen LogP contribution in [0.25, 0.3) is 0 Å². The van der Waals surface area contributed by atoms with Gasteiger partial charge in [0, 0.05) is 5.41 Å². The molecule has 1 N–H and O–H groups in total. The molecule has 1 aromatic carbocycles. The molecular weight excluding hydrogens is 244 g/mol. The number of carboxylic acids is 1. The van der Waals surface area contributed by atoms with E-state index in [1.54, 1.807) is 0 Å². The molecule has 1 aromatic rings. The Bertz CT molecular complexity index is 438. The van der Waals surface area contributed by atoms with Gasteiger partial charge in [-0.25, -0.2) is 0 Å². The third kappa shape index (κ3) is 3.88. The van der Waals surface area contributed by atoms with Gasteiger partial charge in [-0.2, -0.15) is 0 Å². The molecule has 1 aliphatic rings. The van der Waals surface area contributed by atoms with Crippen LogP contribution in [0, 0.1) is 5.41 Å². The molecule has 0 atom stereocenters. The van der Waals surface area contributed by atoms with E-state index in [4.69, 9.17) is 14.6 Å². The lowest BCUT2D eigenvalue weighted by Crippen LogP contribution is -2.17. The summed E-state index contributed by atoms with van der Waals surface area (Å²) in [4.78, 5) is 10.8. The molecular formula is C15H20O4. The molecule has 1 saturated carbocycles. The summed E-state index contributed by atoms with van der Waals surface area (Å²) in [6.07, 6.45) is 2.98. The second-order valence-electron chi connectivity index (χ2n) is 5.15. The predicted octanol–water partition coefficient (Wildman–Crippen LogP) is 3.11. The standard InChI is InChI=1S/C15H20O4/c1-2-9-18-12-5-3-4-6-13(12)19-11-15(7-8-15)10-14(16)17/h3-6H,2,7-11H2,1H3,(H,16,17). The molecule has 0 heterocycles. The van der Waals surface area contributed by atoms with Crippen molar-refractivity contribution in [1.29, 1.82) is 0 Å². The molecule has 1 aliphatic carbocycles. The molecule has 0 bridgehead atoms. The van der Waals surface area contributed by atoms with Gasteiger partial charge in [-0.05, 0) is 31.4 Å². The van der Waals surface area contributed by atoms with Crippen molar-refractivity contribution in [2.45, 2.75) is 32.6 Å². The molecule has 0 saturated heterocycles. The normalized spacial score (nSPS) is 15.8. The summed E-state index contributed by atoms with van der Waals surface area (Å²) in [7, 11) is 0. The second kappa shape index (κ2) is 5.95.